The van der Waals surface area contributed by atoms with Crippen LogP contribution in [0.3, 0.4) is 0 Å². The average Bonchev–Trinajstić information content (AvgIpc) is 2.92. The third-order valence-electron chi connectivity index (χ3n) is 3.46. The van der Waals surface area contributed by atoms with Gasteiger partial charge in [0.05, 0.1) is 11.6 Å². The number of fused-ring (bicyclic) bond motifs is 1. The summed E-state index contributed by atoms with van der Waals surface area (Å²) in [7, 11) is 0. The molecule has 8 heteroatoms. The van der Waals surface area contributed by atoms with E-state index in [2.05, 4.69) is 4.98 Å². The van der Waals surface area contributed by atoms with Gasteiger partial charge >= 0.3 is 5.97 Å². The van der Waals surface area contributed by atoms with E-state index >= 15 is 0 Å². The van der Waals surface area contributed by atoms with Crippen molar-refractivity contribution in [3.05, 3.63) is 52.8 Å². The third-order valence-corrected chi connectivity index (χ3v) is 4.03. The molecule has 0 spiro atoms. The van der Waals surface area contributed by atoms with Crippen LogP contribution >= 0.6 is 23.2 Å². The lowest BCUT2D eigenvalue weighted by atomic mass is 10.3. The van der Waals surface area contributed by atoms with E-state index in [1.807, 2.05) is 0 Å². The van der Waals surface area contributed by atoms with E-state index in [0.717, 1.165) is 0 Å². The molecular weight excluding hydrogens is 379 g/mol. The van der Waals surface area contributed by atoms with Crippen LogP contribution in [0.15, 0.2) is 42.6 Å². The highest BCUT2D eigenvalue weighted by atomic mass is 35.5. The van der Waals surface area contributed by atoms with Crippen molar-refractivity contribution < 1.29 is 19.0 Å². The van der Waals surface area contributed by atoms with Crippen LogP contribution in [0, 0.1) is 0 Å². The first kappa shape index (κ1) is 18.4. The number of rotatable bonds is 6. The van der Waals surface area contributed by atoms with Crippen molar-refractivity contribution in [2.75, 3.05) is 6.61 Å². The van der Waals surface area contributed by atoms with Gasteiger partial charge in [-0.25, -0.2) is 4.79 Å². The zero-order valence-corrected chi connectivity index (χ0v) is 15.6. The van der Waals surface area contributed by atoms with Crippen LogP contribution in [0.2, 0.25) is 10.2 Å². The zero-order chi connectivity index (χ0) is 18.7. The predicted molar refractivity (Wildman–Crippen MR) is 98.5 cm³/mol. The number of ether oxygens (including phenoxy) is 3. The Morgan fingerprint density at radius 1 is 1.15 bits per heavy atom. The first-order chi connectivity index (χ1) is 12.5. The molecule has 26 heavy (non-hydrogen) atoms. The number of carbonyl (C=O) groups is 1. The summed E-state index contributed by atoms with van der Waals surface area (Å²) < 4.78 is 17.8. The first-order valence-electron chi connectivity index (χ1n) is 7.92. The second-order valence-electron chi connectivity index (χ2n) is 5.37. The average molecular weight is 395 g/mol. The van der Waals surface area contributed by atoms with Crippen LogP contribution in [0.25, 0.3) is 5.65 Å². The van der Waals surface area contributed by atoms with Crippen molar-refractivity contribution in [1.29, 1.82) is 0 Å². The zero-order valence-electron chi connectivity index (χ0n) is 14.1. The molecule has 0 aliphatic rings. The molecule has 0 N–H and O–H groups in total. The molecule has 1 atom stereocenters. The number of hydrogen-bond acceptors (Lipinski definition) is 5. The Bertz CT molecular complexity index is 925. The second-order valence-corrected chi connectivity index (χ2v) is 6.16. The number of aromatic nitrogens is 2. The quantitative estimate of drug-likeness (QED) is 0.563. The number of imidazole rings is 1. The highest BCUT2D eigenvalue weighted by Crippen LogP contribution is 2.31. The van der Waals surface area contributed by atoms with E-state index in [-0.39, 0.29) is 5.88 Å². The Morgan fingerprint density at radius 2 is 1.85 bits per heavy atom. The van der Waals surface area contributed by atoms with Crippen molar-refractivity contribution >= 4 is 34.8 Å². The Kier molecular flexibility index (Phi) is 5.54. The maximum atomic E-state index is 11.6. The summed E-state index contributed by atoms with van der Waals surface area (Å²) >= 11 is 12.3. The molecule has 0 aliphatic heterocycles. The van der Waals surface area contributed by atoms with Gasteiger partial charge in [0.1, 0.15) is 17.1 Å². The largest absolute Gasteiger partial charge is 0.479 e. The summed E-state index contributed by atoms with van der Waals surface area (Å²) in [5.41, 5.74) is 0.623. The Labute approximate surface area is 160 Å². The number of carbonyl (C=O) groups excluding carboxylic acids is 1. The summed E-state index contributed by atoms with van der Waals surface area (Å²) in [5.74, 6) is 0.897. The molecule has 0 saturated heterocycles. The number of benzene rings is 1. The topological polar surface area (TPSA) is 62.1 Å². The maximum absolute atomic E-state index is 11.6. The second kappa shape index (κ2) is 7.85. The minimum atomic E-state index is -0.695. The van der Waals surface area contributed by atoms with Gasteiger partial charge in [0, 0.05) is 6.20 Å². The van der Waals surface area contributed by atoms with E-state index in [9.17, 15) is 4.79 Å². The summed E-state index contributed by atoms with van der Waals surface area (Å²) in [6, 6.07) is 10.2. The van der Waals surface area contributed by atoms with E-state index < -0.39 is 12.1 Å². The van der Waals surface area contributed by atoms with Crippen LogP contribution < -0.4 is 9.47 Å². The van der Waals surface area contributed by atoms with E-state index in [1.54, 1.807) is 60.8 Å². The highest BCUT2D eigenvalue weighted by Gasteiger charge is 2.16. The lowest BCUT2D eigenvalue weighted by Crippen LogP contribution is -2.25. The Morgan fingerprint density at radius 3 is 2.54 bits per heavy atom. The van der Waals surface area contributed by atoms with Gasteiger partial charge in [-0.1, -0.05) is 23.2 Å². The molecule has 0 aliphatic carbocycles. The van der Waals surface area contributed by atoms with Gasteiger partial charge in [-0.2, -0.15) is 4.98 Å². The molecule has 0 bridgehead atoms. The monoisotopic (exact) mass is 394 g/mol. The van der Waals surface area contributed by atoms with Gasteiger partial charge < -0.3 is 14.2 Å². The number of hydrogen-bond donors (Lipinski definition) is 0. The minimum Gasteiger partial charge on any atom is -0.479 e. The molecule has 136 valence electrons. The van der Waals surface area contributed by atoms with Crippen LogP contribution in [0.1, 0.15) is 13.8 Å². The molecule has 0 saturated carbocycles. The van der Waals surface area contributed by atoms with E-state index in [1.165, 1.54) is 0 Å². The fourth-order valence-corrected chi connectivity index (χ4v) is 2.62. The lowest BCUT2D eigenvalue weighted by molar-refractivity contribution is -0.150. The van der Waals surface area contributed by atoms with Gasteiger partial charge in [-0.3, -0.25) is 4.40 Å². The Balaban J connectivity index is 1.72. The molecular formula is C18H16Cl2N2O4. The van der Waals surface area contributed by atoms with Gasteiger partial charge in [-0.05, 0) is 50.2 Å². The molecule has 1 aromatic carbocycles. The lowest BCUT2D eigenvalue weighted by Gasteiger charge is -2.13. The van der Waals surface area contributed by atoms with Crippen molar-refractivity contribution in [1.82, 2.24) is 9.38 Å². The van der Waals surface area contributed by atoms with Crippen molar-refractivity contribution in [2.24, 2.45) is 0 Å². The molecule has 0 radical (unpaired) electrons. The summed E-state index contributed by atoms with van der Waals surface area (Å²) in [6.07, 6.45) is 0.964. The number of esters is 1. The maximum Gasteiger partial charge on any atom is 0.347 e. The van der Waals surface area contributed by atoms with Gasteiger partial charge in [-0.15, -0.1) is 0 Å². The molecule has 3 rings (SSSR count). The standard InChI is InChI=1S/C18H16Cl2N2O4/c1-3-24-18(23)11(2)25-13-5-7-14(8-6-13)26-17-16(20)22-10-12(19)4-9-15(22)21-17/h4-11H,3H2,1-2H3. The smallest absolute Gasteiger partial charge is 0.347 e. The van der Waals surface area contributed by atoms with Gasteiger partial charge in [0.15, 0.2) is 11.3 Å². The predicted octanol–water partition coefficient (Wildman–Crippen LogP) is 4.76. The molecule has 0 amide bonds. The first-order valence-corrected chi connectivity index (χ1v) is 8.68. The molecule has 6 nitrogen and oxygen atoms in total. The van der Waals surface area contributed by atoms with Crippen molar-refractivity contribution in [2.45, 2.75) is 20.0 Å². The van der Waals surface area contributed by atoms with Crippen molar-refractivity contribution in [3.8, 4) is 17.4 Å². The fourth-order valence-electron chi connectivity index (χ4n) is 2.24. The fraction of sp³-hybridized carbons (Fsp3) is 0.222. The molecule has 1 unspecified atom stereocenters. The van der Waals surface area contributed by atoms with E-state index in [4.69, 9.17) is 37.4 Å². The molecule has 2 aromatic heterocycles. The number of halogens is 2. The Hall–Kier alpha value is -2.44. The summed E-state index contributed by atoms with van der Waals surface area (Å²) in [4.78, 5) is 15.9. The van der Waals surface area contributed by atoms with Crippen LogP contribution in [0.5, 0.6) is 17.4 Å². The van der Waals surface area contributed by atoms with Gasteiger partial charge in [0.25, 0.3) is 5.88 Å². The molecule has 3 aromatic rings. The summed E-state index contributed by atoms with van der Waals surface area (Å²) in [5, 5.41) is 0.860. The van der Waals surface area contributed by atoms with Crippen LogP contribution in [-0.2, 0) is 9.53 Å². The highest BCUT2D eigenvalue weighted by molar-refractivity contribution is 6.32. The SMILES string of the molecule is CCOC(=O)C(C)Oc1ccc(Oc2nc3ccc(Cl)cn3c2Cl)cc1. The molecule has 2 heterocycles. The third kappa shape index (κ3) is 4.03. The normalized spacial score (nSPS) is 12.0. The van der Waals surface area contributed by atoms with Crippen LogP contribution in [-0.4, -0.2) is 28.1 Å². The minimum absolute atomic E-state index is 0.266. The number of nitrogens with zero attached hydrogens (tertiary/aromatic N) is 2. The summed E-state index contributed by atoms with van der Waals surface area (Å²) in [6.45, 7) is 3.68. The van der Waals surface area contributed by atoms with E-state index in [0.29, 0.717) is 33.9 Å². The molecule has 0 fully saturated rings. The van der Waals surface area contributed by atoms with Gasteiger partial charge in [0.2, 0.25) is 0 Å². The van der Waals surface area contributed by atoms with Crippen molar-refractivity contribution in [3.63, 3.8) is 0 Å². The van der Waals surface area contributed by atoms with Crippen LogP contribution in [0.4, 0.5) is 0 Å². The number of pyridine rings is 1.